The van der Waals surface area contributed by atoms with Crippen LogP contribution in [0.1, 0.15) is 26.2 Å². The van der Waals surface area contributed by atoms with Gasteiger partial charge in [0.2, 0.25) is 0 Å². The Morgan fingerprint density at radius 2 is 2.12 bits per heavy atom. The van der Waals surface area contributed by atoms with Crippen molar-refractivity contribution < 1.29 is 0 Å². The molecule has 0 aromatic carbocycles. The monoisotopic (exact) mass is 249 g/mol. The molecule has 1 N–H and O–H groups in total. The van der Waals surface area contributed by atoms with Crippen molar-refractivity contribution >= 4 is 11.8 Å². The van der Waals surface area contributed by atoms with Crippen LogP contribution >= 0.6 is 11.8 Å². The summed E-state index contributed by atoms with van der Waals surface area (Å²) in [6.07, 6.45) is 6.73. The average Bonchev–Trinajstić information content (AvgIpc) is 2.39. The standard InChI is InChI=1S/C13H19N3S/c1-13(11-14,15-2)7-3-4-10-17-12-5-8-16-9-6-12/h5-6,8-9,15H,3-4,7,10H2,1-2H3. The lowest BCUT2D eigenvalue weighted by molar-refractivity contribution is 0.439. The summed E-state index contributed by atoms with van der Waals surface area (Å²) in [6, 6.07) is 6.36. The summed E-state index contributed by atoms with van der Waals surface area (Å²) >= 11 is 1.84. The molecular weight excluding hydrogens is 230 g/mol. The Hall–Kier alpha value is -1.05. The molecule has 0 bridgehead atoms. The molecule has 0 fully saturated rings. The summed E-state index contributed by atoms with van der Waals surface area (Å²) in [4.78, 5) is 5.25. The molecular formula is C13H19N3S. The molecule has 0 spiro atoms. The van der Waals surface area contributed by atoms with Crippen molar-refractivity contribution in [1.29, 1.82) is 5.26 Å². The van der Waals surface area contributed by atoms with Crippen LogP contribution in [0.15, 0.2) is 29.4 Å². The van der Waals surface area contributed by atoms with Crippen LogP contribution in [0.2, 0.25) is 0 Å². The molecule has 0 amide bonds. The summed E-state index contributed by atoms with van der Waals surface area (Å²) in [5.74, 6) is 1.09. The van der Waals surface area contributed by atoms with E-state index in [1.54, 1.807) is 0 Å². The zero-order valence-electron chi connectivity index (χ0n) is 10.4. The van der Waals surface area contributed by atoms with Crippen LogP contribution in [-0.2, 0) is 0 Å². The van der Waals surface area contributed by atoms with E-state index in [-0.39, 0.29) is 5.54 Å². The smallest absolute Gasteiger partial charge is 0.103 e. The fourth-order valence-electron chi connectivity index (χ4n) is 1.44. The van der Waals surface area contributed by atoms with Gasteiger partial charge >= 0.3 is 0 Å². The van der Waals surface area contributed by atoms with Crippen LogP contribution in [0, 0.1) is 11.3 Å². The van der Waals surface area contributed by atoms with E-state index < -0.39 is 0 Å². The molecule has 0 saturated heterocycles. The highest BCUT2D eigenvalue weighted by Crippen LogP contribution is 2.19. The summed E-state index contributed by atoms with van der Waals surface area (Å²) in [6.45, 7) is 1.95. The first-order valence-corrected chi connectivity index (χ1v) is 6.82. The second kappa shape index (κ2) is 7.31. The normalized spacial score (nSPS) is 13.9. The number of aromatic nitrogens is 1. The van der Waals surface area contributed by atoms with E-state index in [4.69, 9.17) is 5.26 Å². The summed E-state index contributed by atoms with van der Waals surface area (Å²) in [7, 11) is 1.84. The predicted octanol–water partition coefficient (Wildman–Crippen LogP) is 2.85. The zero-order chi connectivity index (χ0) is 12.6. The third-order valence-electron chi connectivity index (χ3n) is 2.79. The van der Waals surface area contributed by atoms with Crippen LogP contribution in [-0.4, -0.2) is 23.3 Å². The van der Waals surface area contributed by atoms with Gasteiger partial charge in [-0.2, -0.15) is 5.26 Å². The summed E-state index contributed by atoms with van der Waals surface area (Å²) in [5, 5.41) is 12.1. The van der Waals surface area contributed by atoms with Crippen molar-refractivity contribution in [2.45, 2.75) is 36.6 Å². The fourth-order valence-corrected chi connectivity index (χ4v) is 2.34. The lowest BCUT2D eigenvalue weighted by atomic mass is 9.97. The summed E-state index contributed by atoms with van der Waals surface area (Å²) < 4.78 is 0. The first-order valence-electron chi connectivity index (χ1n) is 5.83. The molecule has 0 saturated carbocycles. The lowest BCUT2D eigenvalue weighted by Gasteiger charge is -2.20. The molecule has 1 unspecified atom stereocenters. The van der Waals surface area contributed by atoms with E-state index in [0.29, 0.717) is 0 Å². The lowest BCUT2D eigenvalue weighted by Crippen LogP contribution is -2.37. The van der Waals surface area contributed by atoms with Gasteiger partial charge in [0.25, 0.3) is 0 Å². The second-order valence-corrected chi connectivity index (χ2v) is 5.35. The van der Waals surface area contributed by atoms with Crippen molar-refractivity contribution in [2.75, 3.05) is 12.8 Å². The van der Waals surface area contributed by atoms with Crippen molar-refractivity contribution in [2.24, 2.45) is 0 Å². The molecule has 3 nitrogen and oxygen atoms in total. The third-order valence-corrected chi connectivity index (χ3v) is 3.89. The number of unbranched alkanes of at least 4 members (excludes halogenated alkanes) is 1. The zero-order valence-corrected chi connectivity index (χ0v) is 11.3. The topological polar surface area (TPSA) is 48.7 Å². The van der Waals surface area contributed by atoms with Crippen LogP contribution in [0.3, 0.4) is 0 Å². The van der Waals surface area contributed by atoms with E-state index >= 15 is 0 Å². The number of nitrogens with zero attached hydrogens (tertiary/aromatic N) is 2. The highest BCUT2D eigenvalue weighted by molar-refractivity contribution is 7.99. The van der Waals surface area contributed by atoms with Gasteiger partial charge < -0.3 is 5.32 Å². The van der Waals surface area contributed by atoms with Crippen molar-refractivity contribution in [3.8, 4) is 6.07 Å². The molecule has 4 heteroatoms. The van der Waals surface area contributed by atoms with Gasteiger partial charge in [-0.15, -0.1) is 11.8 Å². The van der Waals surface area contributed by atoms with Gasteiger partial charge in [0.05, 0.1) is 6.07 Å². The highest BCUT2D eigenvalue weighted by Gasteiger charge is 2.19. The van der Waals surface area contributed by atoms with Gasteiger partial charge in [-0.25, -0.2) is 0 Å². The van der Waals surface area contributed by atoms with Gasteiger partial charge in [-0.3, -0.25) is 4.98 Å². The van der Waals surface area contributed by atoms with Crippen molar-refractivity contribution in [3.05, 3.63) is 24.5 Å². The van der Waals surface area contributed by atoms with Gasteiger partial charge in [0.1, 0.15) is 5.54 Å². The van der Waals surface area contributed by atoms with Gasteiger partial charge in [0.15, 0.2) is 0 Å². The fraction of sp³-hybridized carbons (Fsp3) is 0.538. The van der Waals surface area contributed by atoms with E-state index in [9.17, 15) is 0 Å². The Morgan fingerprint density at radius 3 is 2.71 bits per heavy atom. The number of pyridine rings is 1. The molecule has 0 aliphatic carbocycles. The SMILES string of the molecule is CNC(C)(C#N)CCCCSc1ccncc1. The van der Waals surface area contributed by atoms with E-state index in [0.717, 1.165) is 25.0 Å². The van der Waals surface area contributed by atoms with Gasteiger partial charge in [-0.1, -0.05) is 0 Å². The Kier molecular flexibility index (Phi) is 6.03. The Bertz CT molecular complexity index is 361. The molecule has 0 aliphatic heterocycles. The van der Waals surface area contributed by atoms with Crippen LogP contribution in [0.25, 0.3) is 0 Å². The first kappa shape index (κ1) is 14.0. The number of nitrogens with one attached hydrogen (secondary N) is 1. The molecule has 0 aliphatic rings. The van der Waals surface area contributed by atoms with Crippen LogP contribution in [0.5, 0.6) is 0 Å². The molecule has 17 heavy (non-hydrogen) atoms. The Balaban J connectivity index is 2.16. The third kappa shape index (κ3) is 5.20. The molecule has 1 atom stereocenters. The number of hydrogen-bond acceptors (Lipinski definition) is 4. The van der Waals surface area contributed by atoms with E-state index in [2.05, 4.69) is 16.4 Å². The Morgan fingerprint density at radius 1 is 1.41 bits per heavy atom. The number of nitriles is 1. The maximum absolute atomic E-state index is 9.00. The van der Waals surface area contributed by atoms with Gasteiger partial charge in [-0.05, 0) is 51.1 Å². The number of rotatable bonds is 7. The average molecular weight is 249 g/mol. The molecule has 0 radical (unpaired) electrons. The maximum Gasteiger partial charge on any atom is 0.103 e. The van der Waals surface area contributed by atoms with Crippen LogP contribution < -0.4 is 5.32 Å². The van der Waals surface area contributed by atoms with Crippen molar-refractivity contribution in [3.63, 3.8) is 0 Å². The summed E-state index contributed by atoms with van der Waals surface area (Å²) in [5.41, 5.74) is -0.374. The molecule has 1 aromatic rings. The first-order chi connectivity index (χ1) is 8.20. The molecule has 1 heterocycles. The molecule has 1 aromatic heterocycles. The number of thioether (sulfide) groups is 1. The second-order valence-electron chi connectivity index (χ2n) is 4.18. The van der Waals surface area contributed by atoms with E-state index in [1.807, 2.05) is 50.3 Å². The Labute approximate surface area is 108 Å². The quantitative estimate of drug-likeness (QED) is 0.596. The van der Waals surface area contributed by atoms with Crippen molar-refractivity contribution in [1.82, 2.24) is 10.3 Å². The molecule has 92 valence electrons. The minimum Gasteiger partial charge on any atom is -0.303 e. The minimum absolute atomic E-state index is 0.374. The molecule has 1 rings (SSSR count). The van der Waals surface area contributed by atoms with Crippen LogP contribution in [0.4, 0.5) is 0 Å². The van der Waals surface area contributed by atoms with Gasteiger partial charge in [0, 0.05) is 17.3 Å². The maximum atomic E-state index is 9.00. The number of hydrogen-bond donors (Lipinski definition) is 1. The highest BCUT2D eigenvalue weighted by atomic mass is 32.2. The predicted molar refractivity (Wildman–Crippen MR) is 71.9 cm³/mol. The largest absolute Gasteiger partial charge is 0.303 e. The van der Waals surface area contributed by atoms with E-state index in [1.165, 1.54) is 4.90 Å². The minimum atomic E-state index is -0.374.